The molecule has 0 saturated heterocycles. The van der Waals surface area contributed by atoms with E-state index in [4.69, 9.17) is 9.47 Å². The Labute approximate surface area is 184 Å². The summed E-state index contributed by atoms with van der Waals surface area (Å²) < 4.78 is 12.4. The molecule has 4 aromatic rings. The molecule has 0 bridgehead atoms. The molecule has 156 valence electrons. The fourth-order valence-corrected chi connectivity index (χ4v) is 4.44. The molecule has 0 unspecified atom stereocenters. The Balaban J connectivity index is 1.84. The Morgan fingerprint density at radius 2 is 1.39 bits per heavy atom. The van der Waals surface area contributed by atoms with Gasteiger partial charge in [0.2, 0.25) is 0 Å². The van der Waals surface area contributed by atoms with Crippen molar-refractivity contribution in [3.8, 4) is 33.2 Å². The lowest BCUT2D eigenvalue weighted by molar-refractivity contribution is 0.0998. The zero-order valence-electron chi connectivity index (χ0n) is 17.5. The normalized spacial score (nSPS) is 11.4. The van der Waals surface area contributed by atoms with Gasteiger partial charge in [-0.2, -0.15) is 4.99 Å². The van der Waals surface area contributed by atoms with Crippen LogP contribution in [0.2, 0.25) is 0 Å². The van der Waals surface area contributed by atoms with Gasteiger partial charge >= 0.3 is 0 Å². The highest BCUT2D eigenvalue weighted by Crippen LogP contribution is 2.34. The number of thiazole rings is 1. The quantitative estimate of drug-likeness (QED) is 0.438. The number of carbonyl (C=O) groups excluding carboxylic acids is 1. The van der Waals surface area contributed by atoms with Crippen molar-refractivity contribution in [1.82, 2.24) is 4.57 Å². The van der Waals surface area contributed by atoms with Gasteiger partial charge in [-0.1, -0.05) is 41.7 Å². The van der Waals surface area contributed by atoms with Gasteiger partial charge in [0.15, 0.2) is 4.80 Å². The predicted molar refractivity (Wildman–Crippen MR) is 124 cm³/mol. The molecular weight excluding hydrogens is 408 g/mol. The van der Waals surface area contributed by atoms with E-state index in [0.29, 0.717) is 16.1 Å². The average molecular weight is 431 g/mol. The van der Waals surface area contributed by atoms with E-state index >= 15 is 0 Å². The molecule has 0 fully saturated rings. The summed E-state index contributed by atoms with van der Waals surface area (Å²) in [5, 5.41) is 0. The van der Waals surface area contributed by atoms with Crippen molar-refractivity contribution in [3.63, 3.8) is 0 Å². The van der Waals surface area contributed by atoms with Crippen molar-refractivity contribution in [2.45, 2.75) is 0 Å². The molecule has 0 saturated carbocycles. The molecule has 3 aromatic carbocycles. The standard InChI is InChI=1S/C25H22N2O3S/c1-27-22(17-9-13-20(29-2)14-10-17)23(18-7-5-4-6-8-18)31-25(27)26-24(28)19-11-15-21(30-3)16-12-19/h4-16H,1-3H3. The van der Waals surface area contributed by atoms with Crippen LogP contribution < -0.4 is 14.3 Å². The Kier molecular flexibility index (Phi) is 6.00. The lowest BCUT2D eigenvalue weighted by Crippen LogP contribution is -2.14. The van der Waals surface area contributed by atoms with Crippen LogP contribution in [-0.4, -0.2) is 24.7 Å². The summed E-state index contributed by atoms with van der Waals surface area (Å²) >= 11 is 1.49. The van der Waals surface area contributed by atoms with E-state index in [9.17, 15) is 4.79 Å². The zero-order chi connectivity index (χ0) is 21.8. The highest BCUT2D eigenvalue weighted by Gasteiger charge is 2.16. The van der Waals surface area contributed by atoms with Crippen molar-refractivity contribution in [2.75, 3.05) is 14.2 Å². The molecule has 0 radical (unpaired) electrons. The molecule has 0 N–H and O–H groups in total. The van der Waals surface area contributed by atoms with Crippen molar-refractivity contribution < 1.29 is 14.3 Å². The fourth-order valence-electron chi connectivity index (χ4n) is 3.30. The molecule has 5 nitrogen and oxygen atoms in total. The Morgan fingerprint density at radius 1 is 0.806 bits per heavy atom. The van der Waals surface area contributed by atoms with Gasteiger partial charge < -0.3 is 14.0 Å². The molecule has 0 atom stereocenters. The van der Waals surface area contributed by atoms with Crippen LogP contribution in [0.4, 0.5) is 0 Å². The van der Waals surface area contributed by atoms with Gasteiger partial charge in [-0.05, 0) is 59.7 Å². The van der Waals surface area contributed by atoms with E-state index in [2.05, 4.69) is 17.1 Å². The smallest absolute Gasteiger partial charge is 0.279 e. The average Bonchev–Trinajstić information content (AvgIpc) is 3.15. The van der Waals surface area contributed by atoms with E-state index < -0.39 is 0 Å². The number of ether oxygens (including phenoxy) is 2. The second kappa shape index (κ2) is 9.02. The number of hydrogen-bond acceptors (Lipinski definition) is 4. The molecular formula is C25H22N2O3S. The number of methoxy groups -OCH3 is 2. The number of carbonyl (C=O) groups is 1. The van der Waals surface area contributed by atoms with Crippen molar-refractivity contribution in [3.05, 3.63) is 89.2 Å². The van der Waals surface area contributed by atoms with Gasteiger partial charge in [0.25, 0.3) is 5.91 Å². The number of rotatable bonds is 5. The lowest BCUT2D eigenvalue weighted by Gasteiger charge is -2.08. The van der Waals surface area contributed by atoms with Gasteiger partial charge in [-0.3, -0.25) is 4.79 Å². The number of benzene rings is 3. The van der Waals surface area contributed by atoms with E-state index in [0.717, 1.165) is 27.4 Å². The largest absolute Gasteiger partial charge is 0.497 e. The van der Waals surface area contributed by atoms with E-state index in [1.165, 1.54) is 11.3 Å². The minimum atomic E-state index is -0.291. The summed E-state index contributed by atoms with van der Waals surface area (Å²) in [6, 6.07) is 25.0. The number of nitrogens with zero attached hydrogens (tertiary/aromatic N) is 2. The maximum absolute atomic E-state index is 12.8. The molecule has 0 aliphatic carbocycles. The van der Waals surface area contributed by atoms with Crippen LogP contribution in [0, 0.1) is 0 Å². The van der Waals surface area contributed by atoms with Crippen molar-refractivity contribution >= 4 is 17.2 Å². The van der Waals surface area contributed by atoms with Gasteiger partial charge in [0.05, 0.1) is 24.8 Å². The van der Waals surface area contributed by atoms with Crippen LogP contribution >= 0.6 is 11.3 Å². The predicted octanol–water partition coefficient (Wildman–Crippen LogP) is 5.18. The van der Waals surface area contributed by atoms with Crippen LogP contribution in [0.5, 0.6) is 11.5 Å². The molecule has 1 amide bonds. The number of aromatic nitrogens is 1. The van der Waals surface area contributed by atoms with E-state index in [1.54, 1.807) is 38.5 Å². The van der Waals surface area contributed by atoms with Gasteiger partial charge in [-0.25, -0.2) is 0 Å². The third kappa shape index (κ3) is 4.29. The summed E-state index contributed by atoms with van der Waals surface area (Å²) in [7, 11) is 5.18. The first-order valence-electron chi connectivity index (χ1n) is 9.73. The van der Waals surface area contributed by atoms with Crippen LogP contribution in [0.25, 0.3) is 21.7 Å². The number of amides is 1. The first kappa shape index (κ1) is 20.6. The first-order valence-corrected chi connectivity index (χ1v) is 10.5. The minimum absolute atomic E-state index is 0.291. The zero-order valence-corrected chi connectivity index (χ0v) is 18.3. The molecule has 6 heteroatoms. The lowest BCUT2D eigenvalue weighted by atomic mass is 10.1. The maximum Gasteiger partial charge on any atom is 0.279 e. The summed E-state index contributed by atoms with van der Waals surface area (Å²) in [6.45, 7) is 0. The van der Waals surface area contributed by atoms with Crippen LogP contribution in [0.15, 0.2) is 83.9 Å². The Hall–Kier alpha value is -3.64. The summed E-state index contributed by atoms with van der Waals surface area (Å²) in [6.07, 6.45) is 0. The maximum atomic E-state index is 12.8. The summed E-state index contributed by atoms with van der Waals surface area (Å²) in [5.41, 5.74) is 3.62. The topological polar surface area (TPSA) is 52.8 Å². The highest BCUT2D eigenvalue weighted by molar-refractivity contribution is 7.13. The third-order valence-electron chi connectivity index (χ3n) is 4.96. The van der Waals surface area contributed by atoms with E-state index in [-0.39, 0.29) is 5.91 Å². The third-order valence-corrected chi connectivity index (χ3v) is 6.15. The van der Waals surface area contributed by atoms with Gasteiger partial charge in [-0.15, -0.1) is 0 Å². The summed E-state index contributed by atoms with van der Waals surface area (Å²) in [5.74, 6) is 1.20. The summed E-state index contributed by atoms with van der Waals surface area (Å²) in [4.78, 5) is 18.9. The molecule has 4 rings (SSSR count). The number of hydrogen-bond donors (Lipinski definition) is 0. The van der Waals surface area contributed by atoms with Gasteiger partial charge in [0, 0.05) is 12.6 Å². The molecule has 1 heterocycles. The van der Waals surface area contributed by atoms with E-state index in [1.807, 2.05) is 54.1 Å². The molecule has 0 spiro atoms. The molecule has 31 heavy (non-hydrogen) atoms. The molecule has 1 aromatic heterocycles. The van der Waals surface area contributed by atoms with Crippen molar-refractivity contribution in [1.29, 1.82) is 0 Å². The first-order chi connectivity index (χ1) is 15.1. The second-order valence-corrected chi connectivity index (χ2v) is 7.84. The van der Waals surface area contributed by atoms with Crippen LogP contribution in [0.3, 0.4) is 0 Å². The van der Waals surface area contributed by atoms with Gasteiger partial charge in [0.1, 0.15) is 11.5 Å². The Morgan fingerprint density at radius 3 is 1.97 bits per heavy atom. The minimum Gasteiger partial charge on any atom is -0.497 e. The second-order valence-electron chi connectivity index (χ2n) is 6.86. The Bertz CT molecular complexity index is 1260. The van der Waals surface area contributed by atoms with Crippen molar-refractivity contribution in [2.24, 2.45) is 12.0 Å². The van der Waals surface area contributed by atoms with Crippen LogP contribution in [-0.2, 0) is 7.05 Å². The monoisotopic (exact) mass is 430 g/mol. The fraction of sp³-hybridized carbons (Fsp3) is 0.120. The SMILES string of the molecule is COc1ccc(C(=O)N=c2sc(-c3ccccc3)c(-c3ccc(OC)cc3)n2C)cc1. The molecule has 0 aliphatic heterocycles. The van der Waals surface area contributed by atoms with Crippen LogP contribution in [0.1, 0.15) is 10.4 Å². The highest BCUT2D eigenvalue weighted by atomic mass is 32.1. The molecule has 0 aliphatic rings.